The standard InChI is InChI=1S/C20H27N3O5S/c1-29(27,28)17-4-5-18(19(13-17)23(25)26)21-6-8-22(9-7-21)20(24)12-16-11-14-2-3-15(16)10-14/h4-5,13-16H,2-3,6-12H2,1H3/t14-,15+,16-/m0/s1. The Morgan fingerprint density at radius 2 is 1.90 bits per heavy atom. The van der Waals surface area contributed by atoms with Crippen LogP contribution in [0.4, 0.5) is 11.4 Å². The van der Waals surface area contributed by atoms with Crippen molar-refractivity contribution in [3.63, 3.8) is 0 Å². The van der Waals surface area contributed by atoms with E-state index in [1.165, 1.54) is 37.8 Å². The molecule has 1 heterocycles. The maximum Gasteiger partial charge on any atom is 0.293 e. The Balaban J connectivity index is 1.40. The largest absolute Gasteiger partial charge is 0.362 e. The molecule has 0 unspecified atom stereocenters. The van der Waals surface area contributed by atoms with E-state index in [-0.39, 0.29) is 16.5 Å². The van der Waals surface area contributed by atoms with Gasteiger partial charge in [0.1, 0.15) is 5.69 Å². The summed E-state index contributed by atoms with van der Waals surface area (Å²) in [6, 6.07) is 4.03. The number of carbonyl (C=O) groups excluding carboxylic acids is 1. The van der Waals surface area contributed by atoms with Gasteiger partial charge >= 0.3 is 0 Å². The quantitative estimate of drug-likeness (QED) is 0.535. The number of fused-ring (bicyclic) bond motifs is 2. The summed E-state index contributed by atoms with van der Waals surface area (Å²) in [4.78, 5) is 27.4. The van der Waals surface area contributed by atoms with Crippen molar-refractivity contribution in [2.45, 2.75) is 37.0 Å². The highest BCUT2D eigenvalue weighted by Crippen LogP contribution is 2.49. The number of benzene rings is 1. The predicted octanol–water partition coefficient (Wildman–Crippen LogP) is 2.47. The van der Waals surface area contributed by atoms with E-state index in [1.807, 2.05) is 9.80 Å². The van der Waals surface area contributed by atoms with Crippen LogP contribution in [0.3, 0.4) is 0 Å². The van der Waals surface area contributed by atoms with Crippen molar-refractivity contribution in [1.82, 2.24) is 4.90 Å². The minimum absolute atomic E-state index is 0.0624. The van der Waals surface area contributed by atoms with Crippen LogP contribution in [0.5, 0.6) is 0 Å². The van der Waals surface area contributed by atoms with Gasteiger partial charge in [0.25, 0.3) is 5.69 Å². The van der Waals surface area contributed by atoms with E-state index < -0.39 is 14.8 Å². The molecule has 1 aromatic carbocycles. The maximum absolute atomic E-state index is 12.7. The molecule has 8 nitrogen and oxygen atoms in total. The van der Waals surface area contributed by atoms with Crippen molar-refractivity contribution in [2.24, 2.45) is 17.8 Å². The number of nitrogens with zero attached hydrogens (tertiary/aromatic N) is 3. The Bertz CT molecular complexity index is 924. The molecule has 3 aliphatic rings. The van der Waals surface area contributed by atoms with Crippen LogP contribution in [0.15, 0.2) is 23.1 Å². The van der Waals surface area contributed by atoms with Gasteiger partial charge in [0, 0.05) is 44.9 Å². The van der Waals surface area contributed by atoms with Crippen molar-refractivity contribution >= 4 is 27.1 Å². The van der Waals surface area contributed by atoms with Gasteiger partial charge in [0.15, 0.2) is 9.84 Å². The maximum atomic E-state index is 12.7. The van der Waals surface area contributed by atoms with Gasteiger partial charge in [0.05, 0.1) is 9.82 Å². The van der Waals surface area contributed by atoms with Crippen LogP contribution in [0, 0.1) is 27.9 Å². The number of nitro groups is 1. The average Bonchev–Trinajstić information content (AvgIpc) is 3.30. The zero-order chi connectivity index (χ0) is 20.8. The molecule has 2 bridgehead atoms. The molecule has 2 aliphatic carbocycles. The second-order valence-corrected chi connectivity index (χ2v) is 10.7. The molecule has 2 saturated carbocycles. The van der Waals surface area contributed by atoms with E-state index in [1.54, 1.807) is 0 Å². The van der Waals surface area contributed by atoms with Gasteiger partial charge in [-0.15, -0.1) is 0 Å². The smallest absolute Gasteiger partial charge is 0.293 e. The first kappa shape index (κ1) is 20.1. The Morgan fingerprint density at radius 1 is 1.17 bits per heavy atom. The number of amides is 1. The molecule has 29 heavy (non-hydrogen) atoms. The first-order valence-corrected chi connectivity index (χ1v) is 12.1. The van der Waals surface area contributed by atoms with Gasteiger partial charge in [-0.25, -0.2) is 8.42 Å². The topological polar surface area (TPSA) is 101 Å². The Labute approximate surface area is 170 Å². The lowest BCUT2D eigenvalue weighted by molar-refractivity contribution is -0.384. The monoisotopic (exact) mass is 421 g/mol. The molecular formula is C20H27N3O5S. The fourth-order valence-electron chi connectivity index (χ4n) is 5.32. The highest BCUT2D eigenvalue weighted by Gasteiger charge is 2.41. The number of hydrogen-bond donors (Lipinski definition) is 0. The lowest BCUT2D eigenvalue weighted by Gasteiger charge is -2.36. The SMILES string of the molecule is CS(=O)(=O)c1ccc(N2CCN(C(=O)C[C@@H]3C[C@H]4CC[C@@H]3C4)CC2)c([N+](=O)[O-])c1. The Morgan fingerprint density at radius 3 is 2.45 bits per heavy atom. The molecule has 1 aliphatic heterocycles. The summed E-state index contributed by atoms with van der Waals surface area (Å²) in [5, 5.41) is 11.5. The second-order valence-electron chi connectivity index (χ2n) is 8.69. The second kappa shape index (κ2) is 7.59. The van der Waals surface area contributed by atoms with Crippen molar-refractivity contribution in [2.75, 3.05) is 37.3 Å². The van der Waals surface area contributed by atoms with Gasteiger partial charge in [0.2, 0.25) is 5.91 Å². The summed E-state index contributed by atoms with van der Waals surface area (Å²) in [6.45, 7) is 2.07. The lowest BCUT2D eigenvalue weighted by Crippen LogP contribution is -2.49. The Hall–Kier alpha value is -2.16. The molecule has 0 radical (unpaired) electrons. The van der Waals surface area contributed by atoms with Crippen molar-refractivity contribution in [1.29, 1.82) is 0 Å². The number of carbonyl (C=O) groups is 1. The van der Waals surface area contributed by atoms with E-state index >= 15 is 0 Å². The minimum Gasteiger partial charge on any atom is -0.362 e. The van der Waals surface area contributed by atoms with E-state index in [0.717, 1.165) is 24.2 Å². The highest BCUT2D eigenvalue weighted by molar-refractivity contribution is 7.90. The van der Waals surface area contributed by atoms with Crippen LogP contribution in [0.2, 0.25) is 0 Å². The van der Waals surface area contributed by atoms with Crippen LogP contribution >= 0.6 is 0 Å². The van der Waals surface area contributed by atoms with Crippen molar-refractivity contribution in [3.05, 3.63) is 28.3 Å². The normalized spacial score (nSPS) is 26.7. The number of nitro benzene ring substituents is 1. The van der Waals surface area contributed by atoms with Crippen LogP contribution in [-0.2, 0) is 14.6 Å². The van der Waals surface area contributed by atoms with E-state index in [2.05, 4.69) is 0 Å². The summed E-state index contributed by atoms with van der Waals surface area (Å²) in [6.07, 6.45) is 6.74. The molecule has 9 heteroatoms. The van der Waals surface area contributed by atoms with Gasteiger partial charge in [-0.3, -0.25) is 14.9 Å². The Kier molecular flexibility index (Phi) is 5.27. The number of hydrogen-bond acceptors (Lipinski definition) is 6. The summed E-state index contributed by atoms with van der Waals surface area (Å²) in [5.41, 5.74) is 0.192. The number of piperazine rings is 1. The third-order valence-corrected chi connectivity index (χ3v) is 7.98. The molecule has 0 spiro atoms. The minimum atomic E-state index is -3.52. The molecule has 1 aromatic rings. The molecule has 3 fully saturated rings. The number of sulfone groups is 1. The first-order valence-electron chi connectivity index (χ1n) is 10.2. The average molecular weight is 422 g/mol. The summed E-state index contributed by atoms with van der Waals surface area (Å²) in [7, 11) is -3.52. The predicted molar refractivity (Wildman–Crippen MR) is 109 cm³/mol. The summed E-state index contributed by atoms with van der Waals surface area (Å²) in [5.74, 6) is 2.28. The first-order chi connectivity index (χ1) is 13.7. The van der Waals surface area contributed by atoms with Crippen molar-refractivity contribution < 1.29 is 18.1 Å². The van der Waals surface area contributed by atoms with Crippen LogP contribution in [0.1, 0.15) is 32.1 Å². The molecule has 158 valence electrons. The molecular weight excluding hydrogens is 394 g/mol. The van der Waals surface area contributed by atoms with Gasteiger partial charge in [-0.05, 0) is 49.1 Å². The molecule has 0 aromatic heterocycles. The van der Waals surface area contributed by atoms with E-state index in [4.69, 9.17) is 0 Å². The van der Waals surface area contributed by atoms with Gasteiger partial charge < -0.3 is 9.80 Å². The summed E-state index contributed by atoms with van der Waals surface area (Å²) >= 11 is 0. The van der Waals surface area contributed by atoms with E-state index in [9.17, 15) is 23.3 Å². The van der Waals surface area contributed by atoms with Gasteiger partial charge in [-0.1, -0.05) is 6.42 Å². The fourth-order valence-corrected chi connectivity index (χ4v) is 5.97. The van der Waals surface area contributed by atoms with Crippen LogP contribution in [0.25, 0.3) is 0 Å². The van der Waals surface area contributed by atoms with Gasteiger partial charge in [-0.2, -0.15) is 0 Å². The van der Waals surface area contributed by atoms with E-state index in [0.29, 0.717) is 44.2 Å². The molecule has 1 saturated heterocycles. The van der Waals surface area contributed by atoms with Crippen LogP contribution < -0.4 is 4.90 Å². The van der Waals surface area contributed by atoms with Crippen LogP contribution in [-0.4, -0.2) is 56.6 Å². The molecule has 4 rings (SSSR count). The lowest BCUT2D eigenvalue weighted by atomic mass is 9.86. The highest BCUT2D eigenvalue weighted by atomic mass is 32.2. The van der Waals surface area contributed by atoms with Crippen molar-refractivity contribution in [3.8, 4) is 0 Å². The molecule has 1 amide bonds. The third kappa shape index (κ3) is 4.10. The molecule has 3 atom stereocenters. The summed E-state index contributed by atoms with van der Waals surface area (Å²) < 4.78 is 23.4. The number of anilines is 1. The zero-order valence-corrected chi connectivity index (χ0v) is 17.4. The molecule has 0 N–H and O–H groups in total. The third-order valence-electron chi connectivity index (χ3n) is 6.87. The number of rotatable bonds is 5. The fraction of sp³-hybridized carbons (Fsp3) is 0.650. The zero-order valence-electron chi connectivity index (χ0n) is 16.6.